The molecule has 144 valence electrons. The summed E-state index contributed by atoms with van der Waals surface area (Å²) in [6.07, 6.45) is 1.02. The van der Waals surface area contributed by atoms with Gasteiger partial charge < -0.3 is 19.3 Å². The fourth-order valence-corrected chi connectivity index (χ4v) is 3.61. The largest absolute Gasteiger partial charge is 0.493 e. The Kier molecular flexibility index (Phi) is 6.22. The third kappa shape index (κ3) is 4.35. The topological polar surface area (TPSA) is 42.0 Å². The number of anilines is 1. The van der Waals surface area contributed by atoms with Crippen LogP contribution in [-0.4, -0.2) is 50.7 Å². The molecule has 0 unspecified atom stereocenters. The first-order valence-electron chi connectivity index (χ1n) is 9.51. The van der Waals surface area contributed by atoms with E-state index in [9.17, 15) is 4.79 Å². The summed E-state index contributed by atoms with van der Waals surface area (Å²) in [5, 5.41) is 0. The Morgan fingerprint density at radius 2 is 1.70 bits per heavy atom. The highest BCUT2D eigenvalue weighted by Crippen LogP contribution is 2.27. The summed E-state index contributed by atoms with van der Waals surface area (Å²) >= 11 is 0. The quantitative estimate of drug-likeness (QED) is 0.785. The van der Waals surface area contributed by atoms with E-state index < -0.39 is 0 Å². The molecule has 0 bridgehead atoms. The van der Waals surface area contributed by atoms with E-state index in [1.807, 2.05) is 29.2 Å². The van der Waals surface area contributed by atoms with Crippen LogP contribution in [0.2, 0.25) is 0 Å². The number of hydrogen-bond acceptors (Lipinski definition) is 4. The smallest absolute Gasteiger partial charge is 0.260 e. The zero-order valence-electron chi connectivity index (χ0n) is 16.4. The molecule has 0 saturated carbocycles. The molecule has 0 aliphatic carbocycles. The lowest BCUT2D eigenvalue weighted by molar-refractivity contribution is -0.133. The van der Waals surface area contributed by atoms with Gasteiger partial charge in [0.15, 0.2) is 18.1 Å². The summed E-state index contributed by atoms with van der Waals surface area (Å²) in [7, 11) is 1.60. The molecule has 0 radical (unpaired) electrons. The molecule has 3 rings (SSSR count). The number of carbonyl (C=O) groups excluding carboxylic acids is 1. The van der Waals surface area contributed by atoms with Gasteiger partial charge in [-0.25, -0.2) is 0 Å². The first kappa shape index (κ1) is 19.1. The van der Waals surface area contributed by atoms with Crippen molar-refractivity contribution in [2.24, 2.45) is 0 Å². The standard InChI is InChI=1S/C22H28N2O3/c1-4-18-9-7-8-17(2)22(18)24-14-12-23(13-15-24)21(25)16-27-20-11-6-5-10-19(20)26-3/h5-11H,4,12-16H2,1-3H3. The Balaban J connectivity index is 1.57. The van der Waals surface area contributed by atoms with Gasteiger partial charge in [0, 0.05) is 31.9 Å². The lowest BCUT2D eigenvalue weighted by Gasteiger charge is -2.37. The molecule has 1 fully saturated rings. The molecule has 2 aromatic carbocycles. The highest BCUT2D eigenvalue weighted by atomic mass is 16.5. The van der Waals surface area contributed by atoms with E-state index in [-0.39, 0.29) is 12.5 Å². The van der Waals surface area contributed by atoms with Crippen molar-refractivity contribution >= 4 is 11.6 Å². The third-order valence-corrected chi connectivity index (χ3v) is 5.07. The van der Waals surface area contributed by atoms with Crippen molar-refractivity contribution in [2.45, 2.75) is 20.3 Å². The first-order chi connectivity index (χ1) is 13.1. The summed E-state index contributed by atoms with van der Waals surface area (Å²) in [6.45, 7) is 7.50. The van der Waals surface area contributed by atoms with Crippen molar-refractivity contribution in [1.29, 1.82) is 0 Å². The zero-order chi connectivity index (χ0) is 19.2. The van der Waals surface area contributed by atoms with Crippen LogP contribution in [0.25, 0.3) is 0 Å². The van der Waals surface area contributed by atoms with Crippen LogP contribution in [0.5, 0.6) is 11.5 Å². The number of para-hydroxylation sites is 3. The van der Waals surface area contributed by atoms with E-state index in [0.717, 1.165) is 19.5 Å². The van der Waals surface area contributed by atoms with Crippen molar-refractivity contribution in [3.63, 3.8) is 0 Å². The van der Waals surface area contributed by atoms with Crippen LogP contribution in [0.3, 0.4) is 0 Å². The Morgan fingerprint density at radius 1 is 1.00 bits per heavy atom. The van der Waals surface area contributed by atoms with E-state index in [4.69, 9.17) is 9.47 Å². The Labute approximate surface area is 161 Å². The first-order valence-corrected chi connectivity index (χ1v) is 9.51. The van der Waals surface area contributed by atoms with Crippen molar-refractivity contribution in [3.05, 3.63) is 53.6 Å². The maximum absolute atomic E-state index is 12.5. The Morgan fingerprint density at radius 3 is 2.37 bits per heavy atom. The number of carbonyl (C=O) groups is 1. The van der Waals surface area contributed by atoms with E-state index in [1.165, 1.54) is 16.8 Å². The van der Waals surface area contributed by atoms with Crippen molar-refractivity contribution in [1.82, 2.24) is 4.90 Å². The number of rotatable bonds is 6. The van der Waals surface area contributed by atoms with Gasteiger partial charge >= 0.3 is 0 Å². The number of ether oxygens (including phenoxy) is 2. The minimum absolute atomic E-state index is 0.0149. The second-order valence-corrected chi connectivity index (χ2v) is 6.74. The van der Waals surface area contributed by atoms with Crippen LogP contribution in [0, 0.1) is 6.92 Å². The minimum Gasteiger partial charge on any atom is -0.493 e. The molecule has 1 aliphatic heterocycles. The predicted molar refractivity (Wildman–Crippen MR) is 108 cm³/mol. The van der Waals surface area contributed by atoms with Crippen molar-refractivity contribution < 1.29 is 14.3 Å². The van der Waals surface area contributed by atoms with E-state index in [0.29, 0.717) is 24.6 Å². The Hall–Kier alpha value is -2.69. The molecule has 0 atom stereocenters. The predicted octanol–water partition coefficient (Wildman–Crippen LogP) is 3.29. The monoisotopic (exact) mass is 368 g/mol. The highest BCUT2D eigenvalue weighted by molar-refractivity contribution is 5.78. The second-order valence-electron chi connectivity index (χ2n) is 6.74. The normalized spacial score (nSPS) is 14.2. The van der Waals surface area contributed by atoms with Crippen LogP contribution in [0.1, 0.15) is 18.1 Å². The van der Waals surface area contributed by atoms with E-state index in [2.05, 4.69) is 36.9 Å². The van der Waals surface area contributed by atoms with Gasteiger partial charge in [-0.3, -0.25) is 4.79 Å². The number of methoxy groups -OCH3 is 1. The molecule has 5 heteroatoms. The van der Waals surface area contributed by atoms with Crippen LogP contribution in [0.4, 0.5) is 5.69 Å². The molecule has 1 amide bonds. The lowest BCUT2D eigenvalue weighted by atomic mass is 10.0. The molecule has 27 heavy (non-hydrogen) atoms. The summed E-state index contributed by atoms with van der Waals surface area (Å²) < 4.78 is 10.9. The number of aryl methyl sites for hydroxylation is 2. The summed E-state index contributed by atoms with van der Waals surface area (Å²) in [5.74, 6) is 1.25. The SMILES string of the molecule is CCc1cccc(C)c1N1CCN(C(=O)COc2ccccc2OC)CC1. The maximum atomic E-state index is 12.5. The average molecular weight is 368 g/mol. The van der Waals surface area contributed by atoms with Crippen LogP contribution in [0.15, 0.2) is 42.5 Å². The highest BCUT2D eigenvalue weighted by Gasteiger charge is 2.23. The summed E-state index contributed by atoms with van der Waals surface area (Å²) in [4.78, 5) is 16.8. The Bertz CT molecular complexity index is 783. The molecule has 2 aromatic rings. The number of nitrogens with zero attached hydrogens (tertiary/aromatic N) is 2. The average Bonchev–Trinajstić information content (AvgIpc) is 2.72. The van der Waals surface area contributed by atoms with Gasteiger partial charge in [0.2, 0.25) is 0 Å². The van der Waals surface area contributed by atoms with Crippen LogP contribution in [-0.2, 0) is 11.2 Å². The van der Waals surface area contributed by atoms with Gasteiger partial charge in [0.25, 0.3) is 5.91 Å². The van der Waals surface area contributed by atoms with Crippen molar-refractivity contribution in [2.75, 3.05) is 44.8 Å². The van der Waals surface area contributed by atoms with Gasteiger partial charge in [0.1, 0.15) is 0 Å². The number of piperazine rings is 1. The number of amides is 1. The third-order valence-electron chi connectivity index (χ3n) is 5.07. The minimum atomic E-state index is 0.0149. The van der Waals surface area contributed by atoms with Gasteiger partial charge in [-0.1, -0.05) is 37.3 Å². The lowest BCUT2D eigenvalue weighted by Crippen LogP contribution is -2.50. The summed E-state index contributed by atoms with van der Waals surface area (Å²) in [5.41, 5.74) is 4.00. The molecule has 5 nitrogen and oxygen atoms in total. The molecule has 1 heterocycles. The number of hydrogen-bond donors (Lipinski definition) is 0. The fraction of sp³-hybridized carbons (Fsp3) is 0.409. The van der Waals surface area contributed by atoms with E-state index >= 15 is 0 Å². The molecule has 0 N–H and O–H groups in total. The molecule has 1 aliphatic rings. The van der Waals surface area contributed by atoms with Gasteiger partial charge in [-0.05, 0) is 36.6 Å². The van der Waals surface area contributed by atoms with Crippen LogP contribution >= 0.6 is 0 Å². The van der Waals surface area contributed by atoms with Gasteiger partial charge in [0.05, 0.1) is 7.11 Å². The molecule has 0 aromatic heterocycles. The molecule has 0 spiro atoms. The molecular formula is C22H28N2O3. The molecular weight excluding hydrogens is 340 g/mol. The van der Waals surface area contributed by atoms with Gasteiger partial charge in [-0.2, -0.15) is 0 Å². The fourth-order valence-electron chi connectivity index (χ4n) is 3.61. The second kappa shape index (κ2) is 8.80. The van der Waals surface area contributed by atoms with E-state index in [1.54, 1.807) is 7.11 Å². The zero-order valence-corrected chi connectivity index (χ0v) is 16.4. The maximum Gasteiger partial charge on any atom is 0.260 e. The van der Waals surface area contributed by atoms with Gasteiger partial charge in [-0.15, -0.1) is 0 Å². The molecule has 1 saturated heterocycles. The van der Waals surface area contributed by atoms with Crippen LogP contribution < -0.4 is 14.4 Å². The summed E-state index contributed by atoms with van der Waals surface area (Å²) in [6, 6.07) is 13.9. The number of benzene rings is 2. The van der Waals surface area contributed by atoms with Crippen molar-refractivity contribution in [3.8, 4) is 11.5 Å².